The van der Waals surface area contributed by atoms with Crippen molar-refractivity contribution in [3.05, 3.63) is 58.1 Å². The van der Waals surface area contributed by atoms with Gasteiger partial charge in [-0.25, -0.2) is 4.68 Å². The number of hydrogen-bond donors (Lipinski definition) is 1. The van der Waals surface area contributed by atoms with Crippen molar-refractivity contribution in [3.8, 4) is 0 Å². The van der Waals surface area contributed by atoms with Crippen molar-refractivity contribution in [1.29, 1.82) is 0 Å². The molecule has 0 spiro atoms. The van der Waals surface area contributed by atoms with Crippen LogP contribution in [0.2, 0.25) is 0 Å². The third kappa shape index (κ3) is 4.04. The number of benzene rings is 2. The van der Waals surface area contributed by atoms with Gasteiger partial charge in [0, 0.05) is 42.0 Å². The van der Waals surface area contributed by atoms with Crippen LogP contribution in [0.4, 0.5) is 17.1 Å². The van der Waals surface area contributed by atoms with Crippen molar-refractivity contribution in [2.45, 2.75) is 23.9 Å². The van der Waals surface area contributed by atoms with E-state index in [1.54, 1.807) is 36.2 Å². The van der Waals surface area contributed by atoms with Crippen molar-refractivity contribution < 1.29 is 14.5 Å². The van der Waals surface area contributed by atoms with Crippen LogP contribution in [0.15, 0.2) is 52.5 Å². The number of tetrazole rings is 1. The van der Waals surface area contributed by atoms with Gasteiger partial charge in [-0.2, -0.15) is 0 Å². The van der Waals surface area contributed by atoms with Crippen molar-refractivity contribution in [1.82, 2.24) is 20.2 Å². The van der Waals surface area contributed by atoms with E-state index in [0.717, 1.165) is 17.4 Å². The number of nitro groups is 1. The summed E-state index contributed by atoms with van der Waals surface area (Å²) < 4.78 is 1.44. The maximum absolute atomic E-state index is 13.0. The summed E-state index contributed by atoms with van der Waals surface area (Å²) >= 11 is 1.12. The molecule has 0 saturated carbocycles. The van der Waals surface area contributed by atoms with Gasteiger partial charge < -0.3 is 10.2 Å². The summed E-state index contributed by atoms with van der Waals surface area (Å²) in [7, 11) is 1.65. The third-order valence-corrected chi connectivity index (χ3v) is 6.12. The number of β-lactam (4-membered cyclic amide) rings is 1. The Hall–Kier alpha value is -3.80. The number of hydrogen-bond acceptors (Lipinski definition) is 8. The van der Waals surface area contributed by atoms with E-state index in [2.05, 4.69) is 20.8 Å². The zero-order chi connectivity index (χ0) is 23.0. The van der Waals surface area contributed by atoms with Crippen LogP contribution in [0.3, 0.4) is 0 Å². The highest BCUT2D eigenvalue weighted by atomic mass is 32.2. The minimum Gasteiger partial charge on any atom is -0.322 e. The first-order valence-electron chi connectivity index (χ1n) is 9.58. The van der Waals surface area contributed by atoms with Gasteiger partial charge >= 0.3 is 0 Å². The quantitative estimate of drug-likeness (QED) is 0.342. The smallest absolute Gasteiger partial charge is 0.270 e. The van der Waals surface area contributed by atoms with Gasteiger partial charge in [0.2, 0.25) is 11.1 Å². The molecule has 1 saturated heterocycles. The fraction of sp³-hybridized carbons (Fsp3) is 0.250. The number of carbonyl (C=O) groups is 2. The van der Waals surface area contributed by atoms with E-state index >= 15 is 0 Å². The molecule has 164 valence electrons. The Labute approximate surface area is 186 Å². The van der Waals surface area contributed by atoms with Crippen LogP contribution < -0.4 is 10.2 Å². The third-order valence-electron chi connectivity index (χ3n) is 5.02. The molecule has 1 aromatic heterocycles. The molecule has 1 fully saturated rings. The van der Waals surface area contributed by atoms with Crippen LogP contribution in [0, 0.1) is 15.5 Å². The first-order chi connectivity index (χ1) is 15.2. The average molecular weight is 453 g/mol. The van der Waals surface area contributed by atoms with E-state index in [1.165, 1.54) is 22.9 Å². The molecule has 0 bridgehead atoms. The number of non-ortho nitro benzene ring substituents is 1. The second-order valence-corrected chi connectivity index (χ2v) is 8.91. The Kier molecular flexibility index (Phi) is 5.38. The highest BCUT2D eigenvalue weighted by Gasteiger charge is 2.44. The normalized spacial score (nSPS) is 14.7. The van der Waals surface area contributed by atoms with Gasteiger partial charge in [-0.15, -0.1) is 5.10 Å². The molecule has 0 atom stereocenters. The lowest BCUT2D eigenvalue weighted by molar-refractivity contribution is -0.384. The van der Waals surface area contributed by atoms with Crippen molar-refractivity contribution in [2.24, 2.45) is 12.5 Å². The molecule has 2 aromatic carbocycles. The van der Waals surface area contributed by atoms with Gasteiger partial charge in [-0.1, -0.05) is 0 Å². The maximum Gasteiger partial charge on any atom is 0.270 e. The van der Waals surface area contributed by atoms with E-state index in [-0.39, 0.29) is 22.6 Å². The molecule has 2 heterocycles. The highest BCUT2D eigenvalue weighted by molar-refractivity contribution is 7.99. The van der Waals surface area contributed by atoms with E-state index in [1.807, 2.05) is 13.8 Å². The van der Waals surface area contributed by atoms with Crippen molar-refractivity contribution >= 4 is 40.6 Å². The zero-order valence-corrected chi connectivity index (χ0v) is 18.3. The van der Waals surface area contributed by atoms with E-state index in [0.29, 0.717) is 22.3 Å². The zero-order valence-electron chi connectivity index (χ0n) is 17.5. The summed E-state index contributed by atoms with van der Waals surface area (Å²) in [6.45, 7) is 4.42. The summed E-state index contributed by atoms with van der Waals surface area (Å²) in [5, 5.41) is 25.6. The maximum atomic E-state index is 13.0. The lowest BCUT2D eigenvalue weighted by Crippen LogP contribution is -2.58. The summed E-state index contributed by atoms with van der Waals surface area (Å²) in [6, 6.07) is 10.9. The molecule has 1 aliphatic heterocycles. The number of carbonyl (C=O) groups excluding carboxylic acids is 2. The lowest BCUT2D eigenvalue weighted by Gasteiger charge is -2.44. The monoisotopic (exact) mass is 453 g/mol. The van der Waals surface area contributed by atoms with Crippen LogP contribution in [0.5, 0.6) is 0 Å². The van der Waals surface area contributed by atoms with Gasteiger partial charge in [-0.3, -0.25) is 19.7 Å². The fourth-order valence-electron chi connectivity index (χ4n) is 3.24. The number of aromatic nitrogens is 4. The molecular formula is C20H19N7O4S. The second-order valence-electron chi connectivity index (χ2n) is 7.90. The molecule has 1 N–H and O–H groups in total. The lowest BCUT2D eigenvalue weighted by atomic mass is 9.83. The van der Waals surface area contributed by atoms with Crippen LogP contribution >= 0.6 is 11.8 Å². The summed E-state index contributed by atoms with van der Waals surface area (Å²) in [5.74, 6) is -0.467. The van der Waals surface area contributed by atoms with Gasteiger partial charge in [0.1, 0.15) is 0 Å². The number of aryl methyl sites for hydroxylation is 1. The first-order valence-corrected chi connectivity index (χ1v) is 10.4. The topological polar surface area (TPSA) is 136 Å². The van der Waals surface area contributed by atoms with Crippen molar-refractivity contribution in [2.75, 3.05) is 16.8 Å². The summed E-state index contributed by atoms with van der Waals surface area (Å²) in [6.07, 6.45) is 0. The second kappa shape index (κ2) is 8.04. The molecule has 11 nitrogen and oxygen atoms in total. The molecular weight excluding hydrogens is 434 g/mol. The van der Waals surface area contributed by atoms with Gasteiger partial charge in [0.25, 0.3) is 11.6 Å². The summed E-state index contributed by atoms with van der Waals surface area (Å²) in [5.41, 5.74) is 0.796. The van der Waals surface area contributed by atoms with Crippen LogP contribution in [0.1, 0.15) is 24.2 Å². The van der Waals surface area contributed by atoms with Crippen LogP contribution in [0.25, 0.3) is 0 Å². The SMILES string of the molecule is Cn1nnnc1Sc1ccc([N+](=O)[O-])cc1C(=O)Nc1ccc(N2CC(C)(C)C2=O)cc1. The average Bonchev–Trinajstić information content (AvgIpc) is 3.17. The molecule has 12 heteroatoms. The number of rotatable bonds is 6. The summed E-state index contributed by atoms with van der Waals surface area (Å²) in [4.78, 5) is 38.0. The van der Waals surface area contributed by atoms with E-state index in [4.69, 9.17) is 0 Å². The predicted molar refractivity (Wildman–Crippen MR) is 117 cm³/mol. The number of nitro benzene ring substituents is 1. The Bertz CT molecular complexity index is 1220. The highest BCUT2D eigenvalue weighted by Crippen LogP contribution is 2.36. The molecule has 0 aliphatic carbocycles. The Morgan fingerprint density at radius 3 is 2.50 bits per heavy atom. The minimum absolute atomic E-state index is 0.0470. The van der Waals surface area contributed by atoms with Gasteiger partial charge in [0.05, 0.1) is 15.9 Å². The Balaban J connectivity index is 1.55. The number of anilines is 2. The predicted octanol–water partition coefficient (Wildman–Crippen LogP) is 2.89. The standard InChI is InChI=1S/C20H19N7O4S/c1-20(2)11-26(18(20)29)13-6-4-12(5-7-13)21-17(28)15-10-14(27(30)31)8-9-16(15)32-19-22-23-24-25(19)3/h4-10H,11H2,1-3H3,(H,21,28). The molecule has 2 amide bonds. The largest absolute Gasteiger partial charge is 0.322 e. The Morgan fingerprint density at radius 2 is 1.94 bits per heavy atom. The molecule has 3 aromatic rings. The Morgan fingerprint density at radius 1 is 1.22 bits per heavy atom. The molecule has 4 rings (SSSR count). The van der Waals surface area contributed by atoms with Crippen LogP contribution in [-0.2, 0) is 11.8 Å². The number of nitrogens with one attached hydrogen (secondary N) is 1. The van der Waals surface area contributed by atoms with Gasteiger partial charge in [0.15, 0.2) is 0 Å². The molecule has 0 unspecified atom stereocenters. The van der Waals surface area contributed by atoms with Gasteiger partial charge in [-0.05, 0) is 66.4 Å². The van der Waals surface area contributed by atoms with E-state index < -0.39 is 10.8 Å². The van der Waals surface area contributed by atoms with Crippen LogP contribution in [-0.4, -0.2) is 43.5 Å². The number of amides is 2. The van der Waals surface area contributed by atoms with E-state index in [9.17, 15) is 19.7 Å². The van der Waals surface area contributed by atoms with Crippen molar-refractivity contribution in [3.63, 3.8) is 0 Å². The molecule has 32 heavy (non-hydrogen) atoms. The fourth-order valence-corrected chi connectivity index (χ4v) is 4.08. The molecule has 0 radical (unpaired) electrons. The first kappa shape index (κ1) is 21.4. The molecule has 1 aliphatic rings. The number of nitrogens with zero attached hydrogens (tertiary/aromatic N) is 6. The minimum atomic E-state index is -0.560.